The van der Waals surface area contributed by atoms with Gasteiger partial charge in [0.1, 0.15) is 0 Å². The molecule has 3 rings (SSSR count). The molecule has 2 saturated heterocycles. The van der Waals surface area contributed by atoms with E-state index < -0.39 is 19.9 Å². The number of benzene rings is 1. The van der Waals surface area contributed by atoms with Gasteiger partial charge < -0.3 is 5.32 Å². The van der Waals surface area contributed by atoms with Crippen LogP contribution in [0.5, 0.6) is 0 Å². The van der Waals surface area contributed by atoms with Crippen LogP contribution in [0, 0.1) is 0 Å². The van der Waals surface area contributed by atoms with Crippen LogP contribution in [0.2, 0.25) is 0 Å². The van der Waals surface area contributed by atoms with E-state index in [0.29, 0.717) is 12.1 Å². The molecule has 1 aromatic rings. The van der Waals surface area contributed by atoms with Crippen molar-refractivity contribution >= 4 is 32.3 Å². The van der Waals surface area contributed by atoms with Crippen LogP contribution in [0.4, 0.5) is 0 Å². The Morgan fingerprint density at radius 1 is 1.08 bits per heavy atom. The Balaban J connectivity index is 0.00000208. The van der Waals surface area contributed by atoms with E-state index in [1.165, 1.54) is 24.3 Å². The zero-order chi connectivity index (χ0) is 16.7. The van der Waals surface area contributed by atoms with Crippen LogP contribution < -0.4 is 10.0 Å². The van der Waals surface area contributed by atoms with Crippen molar-refractivity contribution in [1.29, 1.82) is 0 Å². The standard InChI is InChI=1S/C15H22N2O4S2.ClH/c1-2-22(18,19)14-4-3-5-15(10-14)23(20,21)17-13-8-11-6-7-12(9-13)16-11;/h3-5,10-13,16-17H,2,6-9H2,1H3;1H. The minimum absolute atomic E-state index is 0. The quantitative estimate of drug-likeness (QED) is 0.788. The third-order valence-corrected chi connectivity index (χ3v) is 7.90. The molecule has 2 atom stereocenters. The summed E-state index contributed by atoms with van der Waals surface area (Å²) in [5.41, 5.74) is 0. The van der Waals surface area contributed by atoms with Gasteiger partial charge in [-0.15, -0.1) is 12.4 Å². The number of piperidine rings is 1. The normalized spacial score (nSPS) is 26.8. The molecule has 136 valence electrons. The summed E-state index contributed by atoms with van der Waals surface area (Å²) in [6.45, 7) is 1.54. The molecule has 9 heteroatoms. The van der Waals surface area contributed by atoms with Crippen molar-refractivity contribution in [2.45, 2.75) is 60.5 Å². The zero-order valence-electron chi connectivity index (χ0n) is 13.4. The van der Waals surface area contributed by atoms with Crippen LogP contribution in [0.15, 0.2) is 34.1 Å². The smallest absolute Gasteiger partial charge is 0.240 e. The van der Waals surface area contributed by atoms with Gasteiger partial charge in [0.25, 0.3) is 0 Å². The predicted octanol–water partition coefficient (Wildman–Crippen LogP) is 1.46. The number of nitrogens with one attached hydrogen (secondary N) is 2. The van der Waals surface area contributed by atoms with Crippen molar-refractivity contribution in [3.05, 3.63) is 24.3 Å². The highest BCUT2D eigenvalue weighted by Crippen LogP contribution is 2.28. The summed E-state index contributed by atoms with van der Waals surface area (Å²) in [6, 6.07) is 6.27. The first-order chi connectivity index (χ1) is 10.8. The molecule has 2 fully saturated rings. The van der Waals surface area contributed by atoms with Crippen molar-refractivity contribution in [3.8, 4) is 0 Å². The molecule has 1 aromatic carbocycles. The molecule has 24 heavy (non-hydrogen) atoms. The topological polar surface area (TPSA) is 92.3 Å². The lowest BCUT2D eigenvalue weighted by Gasteiger charge is -2.29. The average molecular weight is 395 g/mol. The monoisotopic (exact) mass is 394 g/mol. The van der Waals surface area contributed by atoms with Gasteiger partial charge in [0.05, 0.1) is 15.5 Å². The molecule has 2 unspecified atom stereocenters. The summed E-state index contributed by atoms with van der Waals surface area (Å²) in [5, 5.41) is 3.47. The first kappa shape index (κ1) is 19.7. The predicted molar refractivity (Wildman–Crippen MR) is 94.7 cm³/mol. The first-order valence-electron chi connectivity index (χ1n) is 7.91. The highest BCUT2D eigenvalue weighted by Gasteiger charge is 2.35. The second-order valence-electron chi connectivity index (χ2n) is 6.31. The molecule has 6 nitrogen and oxygen atoms in total. The maximum absolute atomic E-state index is 12.6. The van der Waals surface area contributed by atoms with Crippen LogP contribution in [0.3, 0.4) is 0 Å². The lowest BCUT2D eigenvalue weighted by molar-refractivity contribution is 0.345. The van der Waals surface area contributed by atoms with Gasteiger partial charge >= 0.3 is 0 Å². The largest absolute Gasteiger partial charge is 0.311 e. The summed E-state index contributed by atoms with van der Waals surface area (Å²) in [5.74, 6) is -0.0540. The van der Waals surface area contributed by atoms with Gasteiger partial charge in [0.15, 0.2) is 9.84 Å². The van der Waals surface area contributed by atoms with E-state index in [4.69, 9.17) is 0 Å². The third kappa shape index (κ3) is 4.11. The number of hydrogen-bond donors (Lipinski definition) is 2. The third-order valence-electron chi connectivity index (χ3n) is 4.65. The Morgan fingerprint density at radius 3 is 2.25 bits per heavy atom. The summed E-state index contributed by atoms with van der Waals surface area (Å²) in [7, 11) is -7.14. The van der Waals surface area contributed by atoms with Gasteiger partial charge in [-0.25, -0.2) is 21.6 Å². The Bertz CT molecular complexity index is 783. The summed E-state index contributed by atoms with van der Waals surface area (Å²) < 4.78 is 51.8. The molecule has 0 saturated carbocycles. The first-order valence-corrected chi connectivity index (χ1v) is 11.0. The molecule has 0 spiro atoms. The molecule has 2 aliphatic rings. The Hall–Kier alpha value is -0.670. The van der Waals surface area contributed by atoms with Crippen molar-refractivity contribution in [2.75, 3.05) is 5.75 Å². The maximum atomic E-state index is 12.6. The fourth-order valence-electron chi connectivity index (χ4n) is 3.44. The Kier molecular flexibility index (Phi) is 5.97. The number of fused-ring (bicyclic) bond motifs is 2. The van der Waals surface area contributed by atoms with E-state index in [1.807, 2.05) is 0 Å². The fraction of sp³-hybridized carbons (Fsp3) is 0.600. The van der Waals surface area contributed by atoms with E-state index in [1.54, 1.807) is 6.92 Å². The maximum Gasteiger partial charge on any atom is 0.240 e. The fourth-order valence-corrected chi connectivity index (χ4v) is 5.75. The van der Waals surface area contributed by atoms with Gasteiger partial charge in [-0.3, -0.25) is 0 Å². The van der Waals surface area contributed by atoms with E-state index in [-0.39, 0.29) is 34.0 Å². The minimum atomic E-state index is -3.71. The van der Waals surface area contributed by atoms with Crippen LogP contribution in [-0.4, -0.2) is 40.7 Å². The lowest BCUT2D eigenvalue weighted by atomic mass is 10.0. The Morgan fingerprint density at radius 2 is 1.67 bits per heavy atom. The summed E-state index contributed by atoms with van der Waals surface area (Å²) in [6.07, 6.45) is 3.74. The van der Waals surface area contributed by atoms with Crippen LogP contribution >= 0.6 is 12.4 Å². The van der Waals surface area contributed by atoms with Crippen LogP contribution in [-0.2, 0) is 19.9 Å². The number of sulfonamides is 1. The highest BCUT2D eigenvalue weighted by atomic mass is 35.5. The van der Waals surface area contributed by atoms with Crippen molar-refractivity contribution in [1.82, 2.24) is 10.0 Å². The van der Waals surface area contributed by atoms with E-state index >= 15 is 0 Å². The molecule has 2 N–H and O–H groups in total. The zero-order valence-corrected chi connectivity index (χ0v) is 15.9. The SMILES string of the molecule is CCS(=O)(=O)c1cccc(S(=O)(=O)NC2CC3CCC(C2)N3)c1.Cl. The molecule has 2 aliphatic heterocycles. The molecular formula is C15H23ClN2O4S2. The average Bonchev–Trinajstić information content (AvgIpc) is 2.86. The van der Waals surface area contributed by atoms with E-state index in [0.717, 1.165) is 25.7 Å². The van der Waals surface area contributed by atoms with Crippen molar-refractivity contribution in [3.63, 3.8) is 0 Å². The van der Waals surface area contributed by atoms with E-state index in [2.05, 4.69) is 10.0 Å². The molecule has 2 heterocycles. The molecule has 0 aliphatic carbocycles. The number of sulfone groups is 1. The Labute approximate surface area is 149 Å². The second kappa shape index (κ2) is 7.29. The number of rotatable bonds is 5. The molecule has 0 radical (unpaired) electrons. The van der Waals surface area contributed by atoms with Crippen molar-refractivity contribution in [2.24, 2.45) is 0 Å². The van der Waals surface area contributed by atoms with Gasteiger partial charge in [-0.2, -0.15) is 0 Å². The lowest BCUT2D eigenvalue weighted by Crippen LogP contribution is -2.47. The van der Waals surface area contributed by atoms with Gasteiger partial charge in [0, 0.05) is 18.1 Å². The number of halogens is 1. The molecule has 0 amide bonds. The van der Waals surface area contributed by atoms with Gasteiger partial charge in [-0.05, 0) is 43.9 Å². The molecule has 0 aromatic heterocycles. The van der Waals surface area contributed by atoms with Gasteiger partial charge in [-0.1, -0.05) is 13.0 Å². The van der Waals surface area contributed by atoms with Crippen molar-refractivity contribution < 1.29 is 16.8 Å². The number of hydrogen-bond acceptors (Lipinski definition) is 5. The van der Waals surface area contributed by atoms with Crippen LogP contribution in [0.1, 0.15) is 32.6 Å². The minimum Gasteiger partial charge on any atom is -0.311 e. The molecular weight excluding hydrogens is 372 g/mol. The molecule has 2 bridgehead atoms. The van der Waals surface area contributed by atoms with Crippen LogP contribution in [0.25, 0.3) is 0 Å². The summed E-state index contributed by atoms with van der Waals surface area (Å²) in [4.78, 5) is 0.0613. The second-order valence-corrected chi connectivity index (χ2v) is 10.3. The summed E-state index contributed by atoms with van der Waals surface area (Å²) >= 11 is 0. The van der Waals surface area contributed by atoms with Gasteiger partial charge in [0.2, 0.25) is 10.0 Å². The van der Waals surface area contributed by atoms with E-state index in [9.17, 15) is 16.8 Å². The highest BCUT2D eigenvalue weighted by molar-refractivity contribution is 7.91.